The molecule has 1 rings (SSSR count). The van der Waals surface area contributed by atoms with Gasteiger partial charge in [-0.15, -0.1) is 0 Å². The van der Waals surface area contributed by atoms with Crippen LogP contribution in [0.5, 0.6) is 0 Å². The molecule has 1 atom stereocenters. The van der Waals surface area contributed by atoms with Gasteiger partial charge in [-0.05, 0) is 38.8 Å². The second-order valence-corrected chi connectivity index (χ2v) is 3.46. The van der Waals surface area contributed by atoms with Gasteiger partial charge in [0, 0.05) is 13.1 Å². The summed E-state index contributed by atoms with van der Waals surface area (Å²) in [5.41, 5.74) is 0. The number of rotatable bonds is 5. The highest BCUT2D eigenvalue weighted by Crippen LogP contribution is 2.16. The molecule has 0 radical (unpaired) electrons. The van der Waals surface area contributed by atoms with E-state index in [1.54, 1.807) is 0 Å². The summed E-state index contributed by atoms with van der Waals surface area (Å²) in [6, 6.07) is 0. The van der Waals surface area contributed by atoms with E-state index in [4.69, 9.17) is 0 Å². The smallest absolute Gasteiger partial charge is 0.00767 e. The fourth-order valence-electron chi connectivity index (χ4n) is 1.56. The van der Waals surface area contributed by atoms with E-state index in [-0.39, 0.29) is 0 Å². The van der Waals surface area contributed by atoms with Gasteiger partial charge in [0.05, 0.1) is 0 Å². The average molecular weight is 168 g/mol. The number of nitrogens with one attached hydrogen (secondary N) is 2. The van der Waals surface area contributed by atoms with Crippen LogP contribution in [0.15, 0.2) is 12.2 Å². The number of hydrogen-bond donors (Lipinski definition) is 2. The van der Waals surface area contributed by atoms with Crippen LogP contribution in [0, 0.1) is 5.92 Å². The Bertz CT molecular complexity index is 132. The van der Waals surface area contributed by atoms with Crippen molar-refractivity contribution in [2.75, 3.05) is 26.7 Å². The van der Waals surface area contributed by atoms with Crippen molar-refractivity contribution in [1.29, 1.82) is 0 Å². The Hall–Kier alpha value is -0.340. The molecule has 2 heteroatoms. The van der Waals surface area contributed by atoms with Crippen LogP contribution in [0.1, 0.15) is 19.3 Å². The Morgan fingerprint density at radius 2 is 2.25 bits per heavy atom. The maximum Gasteiger partial charge on any atom is 0.00767 e. The molecule has 1 unspecified atom stereocenters. The Labute approximate surface area is 75.4 Å². The van der Waals surface area contributed by atoms with Gasteiger partial charge in [0.15, 0.2) is 0 Å². The standard InChI is InChI=1S/C10H20N2/c1-11-7-8-12-9-10-5-3-2-4-6-10/h2-3,10-12H,4-9H2,1H3. The van der Waals surface area contributed by atoms with Gasteiger partial charge < -0.3 is 10.6 Å². The van der Waals surface area contributed by atoms with Crippen LogP contribution in [0.25, 0.3) is 0 Å². The molecule has 1 aliphatic carbocycles. The maximum absolute atomic E-state index is 3.46. The van der Waals surface area contributed by atoms with Gasteiger partial charge in [-0.1, -0.05) is 12.2 Å². The van der Waals surface area contributed by atoms with Gasteiger partial charge in [-0.2, -0.15) is 0 Å². The van der Waals surface area contributed by atoms with Crippen molar-refractivity contribution in [1.82, 2.24) is 10.6 Å². The molecule has 0 aromatic rings. The van der Waals surface area contributed by atoms with Crippen molar-refractivity contribution in [2.24, 2.45) is 5.92 Å². The second-order valence-electron chi connectivity index (χ2n) is 3.46. The van der Waals surface area contributed by atoms with E-state index in [1.165, 1.54) is 25.8 Å². The van der Waals surface area contributed by atoms with E-state index >= 15 is 0 Å². The normalized spacial score (nSPS) is 22.9. The SMILES string of the molecule is CNCCNCC1CC=CCC1. The summed E-state index contributed by atoms with van der Waals surface area (Å²) in [7, 11) is 1.99. The van der Waals surface area contributed by atoms with Gasteiger partial charge >= 0.3 is 0 Å². The minimum absolute atomic E-state index is 0.881. The molecular formula is C10H20N2. The molecule has 2 nitrogen and oxygen atoms in total. The maximum atomic E-state index is 3.46. The summed E-state index contributed by atoms with van der Waals surface area (Å²) >= 11 is 0. The highest BCUT2D eigenvalue weighted by molar-refractivity contribution is 4.90. The molecule has 0 bridgehead atoms. The Kier molecular flexibility index (Phi) is 5.04. The zero-order valence-electron chi connectivity index (χ0n) is 7.97. The molecule has 0 aromatic heterocycles. The van der Waals surface area contributed by atoms with Crippen molar-refractivity contribution in [3.05, 3.63) is 12.2 Å². The molecule has 0 amide bonds. The van der Waals surface area contributed by atoms with Crippen molar-refractivity contribution >= 4 is 0 Å². The third-order valence-electron chi connectivity index (χ3n) is 2.36. The zero-order chi connectivity index (χ0) is 8.65. The lowest BCUT2D eigenvalue weighted by Gasteiger charge is -2.17. The second kappa shape index (κ2) is 6.21. The van der Waals surface area contributed by atoms with Gasteiger partial charge in [-0.25, -0.2) is 0 Å². The van der Waals surface area contributed by atoms with Crippen LogP contribution >= 0.6 is 0 Å². The molecule has 70 valence electrons. The van der Waals surface area contributed by atoms with E-state index in [0.29, 0.717) is 0 Å². The molecule has 0 saturated heterocycles. The molecule has 0 aromatic carbocycles. The van der Waals surface area contributed by atoms with Crippen LogP contribution in [-0.2, 0) is 0 Å². The third-order valence-corrected chi connectivity index (χ3v) is 2.36. The summed E-state index contributed by atoms with van der Waals surface area (Å²) in [5, 5.41) is 6.59. The van der Waals surface area contributed by atoms with Gasteiger partial charge in [-0.3, -0.25) is 0 Å². The lowest BCUT2D eigenvalue weighted by Crippen LogP contribution is -2.29. The largest absolute Gasteiger partial charge is 0.318 e. The predicted octanol–water partition coefficient (Wildman–Crippen LogP) is 1.15. The Morgan fingerprint density at radius 1 is 1.33 bits per heavy atom. The third kappa shape index (κ3) is 3.88. The first-order chi connectivity index (χ1) is 5.93. The first-order valence-corrected chi connectivity index (χ1v) is 4.94. The first-order valence-electron chi connectivity index (χ1n) is 4.94. The molecule has 0 aliphatic heterocycles. The van der Waals surface area contributed by atoms with Crippen LogP contribution in [0.3, 0.4) is 0 Å². The molecule has 0 spiro atoms. The minimum Gasteiger partial charge on any atom is -0.318 e. The summed E-state index contributed by atoms with van der Waals surface area (Å²) in [6.07, 6.45) is 8.52. The fraction of sp³-hybridized carbons (Fsp3) is 0.800. The van der Waals surface area contributed by atoms with E-state index in [2.05, 4.69) is 22.8 Å². The topological polar surface area (TPSA) is 24.1 Å². The van der Waals surface area contributed by atoms with Gasteiger partial charge in [0.2, 0.25) is 0 Å². The van der Waals surface area contributed by atoms with Crippen LogP contribution in [-0.4, -0.2) is 26.7 Å². The summed E-state index contributed by atoms with van der Waals surface area (Å²) in [4.78, 5) is 0. The summed E-state index contributed by atoms with van der Waals surface area (Å²) in [5.74, 6) is 0.881. The van der Waals surface area contributed by atoms with E-state index in [9.17, 15) is 0 Å². The fourth-order valence-corrected chi connectivity index (χ4v) is 1.56. The Morgan fingerprint density at radius 3 is 2.92 bits per heavy atom. The number of allylic oxidation sites excluding steroid dienone is 2. The van der Waals surface area contributed by atoms with Crippen molar-refractivity contribution in [2.45, 2.75) is 19.3 Å². The lowest BCUT2D eigenvalue weighted by molar-refractivity contribution is 0.441. The van der Waals surface area contributed by atoms with Gasteiger partial charge in [0.1, 0.15) is 0 Å². The van der Waals surface area contributed by atoms with Gasteiger partial charge in [0.25, 0.3) is 0 Å². The average Bonchev–Trinajstić information content (AvgIpc) is 2.14. The molecule has 0 saturated carbocycles. The molecule has 12 heavy (non-hydrogen) atoms. The molecular weight excluding hydrogens is 148 g/mol. The highest BCUT2D eigenvalue weighted by atomic mass is 14.9. The van der Waals surface area contributed by atoms with Crippen molar-refractivity contribution in [3.8, 4) is 0 Å². The lowest BCUT2D eigenvalue weighted by atomic mass is 9.94. The van der Waals surface area contributed by atoms with E-state index < -0.39 is 0 Å². The predicted molar refractivity (Wildman–Crippen MR) is 53.3 cm³/mol. The summed E-state index contributed by atoms with van der Waals surface area (Å²) in [6.45, 7) is 3.35. The molecule has 1 aliphatic rings. The van der Waals surface area contributed by atoms with Crippen molar-refractivity contribution < 1.29 is 0 Å². The quantitative estimate of drug-likeness (QED) is 0.475. The van der Waals surface area contributed by atoms with Crippen LogP contribution in [0.4, 0.5) is 0 Å². The number of likely N-dealkylation sites (N-methyl/N-ethyl adjacent to an activating group) is 1. The minimum atomic E-state index is 0.881. The van der Waals surface area contributed by atoms with Crippen LogP contribution in [0.2, 0.25) is 0 Å². The van der Waals surface area contributed by atoms with E-state index in [1.807, 2.05) is 7.05 Å². The Balaban J connectivity index is 1.95. The van der Waals surface area contributed by atoms with Crippen molar-refractivity contribution in [3.63, 3.8) is 0 Å². The molecule has 0 fully saturated rings. The number of hydrogen-bond acceptors (Lipinski definition) is 2. The van der Waals surface area contributed by atoms with E-state index in [0.717, 1.165) is 19.0 Å². The first kappa shape index (κ1) is 9.75. The summed E-state index contributed by atoms with van der Waals surface area (Å²) < 4.78 is 0. The molecule has 0 heterocycles. The highest BCUT2D eigenvalue weighted by Gasteiger charge is 2.07. The zero-order valence-corrected chi connectivity index (χ0v) is 7.97. The van der Waals surface area contributed by atoms with Crippen LogP contribution < -0.4 is 10.6 Å². The monoisotopic (exact) mass is 168 g/mol. The molecule has 2 N–H and O–H groups in total.